The molecule has 130 valence electrons. The van der Waals surface area contributed by atoms with E-state index >= 15 is 0 Å². The maximum atomic E-state index is 12.8. The molecule has 3 aliphatic carbocycles. The van der Waals surface area contributed by atoms with Crippen molar-refractivity contribution in [1.82, 2.24) is 0 Å². The van der Waals surface area contributed by atoms with Gasteiger partial charge in [0.25, 0.3) is 0 Å². The molecule has 3 aliphatic rings. The molecule has 0 heterocycles. The monoisotopic (exact) mass is 331 g/mol. The van der Waals surface area contributed by atoms with E-state index in [1.807, 2.05) is 19.9 Å². The first-order chi connectivity index (χ1) is 11.3. The van der Waals surface area contributed by atoms with Gasteiger partial charge in [-0.25, -0.2) is 0 Å². The molecule has 0 saturated heterocycles. The van der Waals surface area contributed by atoms with Crippen LogP contribution in [0.2, 0.25) is 0 Å². The number of carbonyl (C=O) groups excluding carboxylic acids is 2. The Balaban J connectivity index is 1.83. The van der Waals surface area contributed by atoms with Gasteiger partial charge >= 0.3 is 5.97 Å². The second kappa shape index (κ2) is 5.67. The summed E-state index contributed by atoms with van der Waals surface area (Å²) in [6.07, 6.45) is 5.03. The van der Waals surface area contributed by atoms with Crippen molar-refractivity contribution < 1.29 is 19.4 Å². The van der Waals surface area contributed by atoms with Crippen LogP contribution in [0.25, 0.3) is 0 Å². The summed E-state index contributed by atoms with van der Waals surface area (Å²) in [5.74, 6) is -0.563. The molecule has 0 amide bonds. The van der Waals surface area contributed by atoms with Gasteiger partial charge in [-0.1, -0.05) is 5.57 Å². The molecule has 0 aromatic carbocycles. The summed E-state index contributed by atoms with van der Waals surface area (Å²) in [6.45, 7) is 5.91. The van der Waals surface area contributed by atoms with E-state index in [4.69, 9.17) is 10.5 Å². The molecule has 3 N–H and O–H groups in total. The molecule has 1 saturated carbocycles. The number of hydrogen-bond acceptors (Lipinski definition) is 5. The molecule has 0 aromatic heterocycles. The fourth-order valence-corrected chi connectivity index (χ4v) is 4.23. The van der Waals surface area contributed by atoms with E-state index in [9.17, 15) is 14.7 Å². The summed E-state index contributed by atoms with van der Waals surface area (Å²) < 4.78 is 5.03. The molecule has 0 unspecified atom stereocenters. The van der Waals surface area contributed by atoms with Gasteiger partial charge in [-0.3, -0.25) is 9.59 Å². The number of fused-ring (bicyclic) bond motifs is 1. The number of esters is 1. The Labute approximate surface area is 142 Å². The molecule has 24 heavy (non-hydrogen) atoms. The van der Waals surface area contributed by atoms with Gasteiger partial charge in [0.05, 0.1) is 13.2 Å². The number of ether oxygens (including phenoxy) is 1. The Kier molecular flexibility index (Phi) is 4.04. The topological polar surface area (TPSA) is 89.6 Å². The predicted octanol–water partition coefficient (Wildman–Crippen LogP) is 1.96. The highest BCUT2D eigenvalue weighted by atomic mass is 16.5. The molecule has 1 atom stereocenters. The van der Waals surface area contributed by atoms with Crippen LogP contribution in [0.15, 0.2) is 33.9 Å². The third-order valence-corrected chi connectivity index (χ3v) is 5.87. The fraction of sp³-hybridized carbons (Fsp3) is 0.579. The lowest BCUT2D eigenvalue weighted by Gasteiger charge is -2.39. The van der Waals surface area contributed by atoms with E-state index in [2.05, 4.69) is 0 Å². The van der Waals surface area contributed by atoms with Crippen LogP contribution in [0.4, 0.5) is 0 Å². The average Bonchev–Trinajstić information content (AvgIpc) is 3.29. The number of rotatable bonds is 5. The molecular formula is C19H25NO4. The van der Waals surface area contributed by atoms with Crippen LogP contribution in [0.1, 0.15) is 46.5 Å². The summed E-state index contributed by atoms with van der Waals surface area (Å²) in [6, 6.07) is 0. The Morgan fingerprint density at radius 3 is 2.62 bits per heavy atom. The number of aliphatic hydroxyl groups is 1. The van der Waals surface area contributed by atoms with Gasteiger partial charge in [0.2, 0.25) is 0 Å². The van der Waals surface area contributed by atoms with Gasteiger partial charge in [0.15, 0.2) is 5.78 Å². The van der Waals surface area contributed by atoms with E-state index in [0.717, 1.165) is 41.6 Å². The maximum absolute atomic E-state index is 12.8. The van der Waals surface area contributed by atoms with Crippen molar-refractivity contribution >= 4 is 11.8 Å². The van der Waals surface area contributed by atoms with Crippen molar-refractivity contribution in [2.45, 2.75) is 52.1 Å². The minimum atomic E-state index is -1.31. The maximum Gasteiger partial charge on any atom is 0.319 e. The number of allylic oxidation sites excluding steroid dienone is 4. The zero-order valence-corrected chi connectivity index (χ0v) is 14.6. The van der Waals surface area contributed by atoms with Crippen LogP contribution in [-0.2, 0) is 14.3 Å². The fourth-order valence-electron chi connectivity index (χ4n) is 4.23. The highest BCUT2D eigenvalue weighted by Gasteiger charge is 2.64. The van der Waals surface area contributed by atoms with Gasteiger partial charge in [-0.15, -0.1) is 0 Å². The standard InChI is InChI=1S/C19H25NO4/c1-11-9-14-16(13(11)5-4-8-24-15(21)10-20)12(2)19(6-7-19)18(3,23)17(14)22/h9,23H,4-8,10,20H2,1-3H3/t18-/m0/s1. The van der Waals surface area contributed by atoms with Crippen molar-refractivity contribution in [1.29, 1.82) is 0 Å². The Hall–Kier alpha value is -1.72. The predicted molar refractivity (Wildman–Crippen MR) is 90.0 cm³/mol. The zero-order chi connectivity index (χ0) is 17.7. The van der Waals surface area contributed by atoms with Crippen LogP contribution < -0.4 is 5.73 Å². The zero-order valence-electron chi connectivity index (χ0n) is 14.6. The molecule has 0 aromatic rings. The van der Waals surface area contributed by atoms with Gasteiger partial charge < -0.3 is 15.6 Å². The highest BCUT2D eigenvalue weighted by molar-refractivity contribution is 6.10. The second-order valence-corrected chi connectivity index (χ2v) is 7.23. The SMILES string of the molecule is CC1=C(CCCOC(=O)CN)C2=C(C)C3(CC3)[C@@](C)(O)C(=O)C2=C1. The number of Topliss-reactive ketones (excluding diaryl/α,β-unsaturated/α-hetero) is 1. The molecular weight excluding hydrogens is 306 g/mol. The Morgan fingerprint density at radius 1 is 1.38 bits per heavy atom. The summed E-state index contributed by atoms with van der Waals surface area (Å²) in [5, 5.41) is 10.8. The number of nitrogens with two attached hydrogens (primary N) is 1. The molecule has 1 fully saturated rings. The number of hydrogen-bond donors (Lipinski definition) is 2. The van der Waals surface area contributed by atoms with E-state index in [1.165, 1.54) is 0 Å². The van der Waals surface area contributed by atoms with Crippen molar-refractivity contribution in [3.05, 3.63) is 33.9 Å². The van der Waals surface area contributed by atoms with Crippen LogP contribution in [0.5, 0.6) is 0 Å². The van der Waals surface area contributed by atoms with E-state index in [-0.39, 0.29) is 12.3 Å². The average molecular weight is 331 g/mol. The molecule has 0 radical (unpaired) electrons. The minimum Gasteiger partial charge on any atom is -0.465 e. The molecule has 0 bridgehead atoms. The Morgan fingerprint density at radius 2 is 2.04 bits per heavy atom. The molecule has 5 nitrogen and oxygen atoms in total. The summed E-state index contributed by atoms with van der Waals surface area (Å²) >= 11 is 0. The quantitative estimate of drug-likeness (QED) is 0.594. The van der Waals surface area contributed by atoms with E-state index in [0.29, 0.717) is 18.6 Å². The summed E-state index contributed by atoms with van der Waals surface area (Å²) in [5.41, 5.74) is 8.51. The van der Waals surface area contributed by atoms with Gasteiger partial charge in [0, 0.05) is 11.0 Å². The molecule has 3 rings (SSSR count). The van der Waals surface area contributed by atoms with Gasteiger partial charge in [-0.2, -0.15) is 0 Å². The lowest BCUT2D eigenvalue weighted by molar-refractivity contribution is -0.142. The highest BCUT2D eigenvalue weighted by Crippen LogP contribution is 2.65. The van der Waals surface area contributed by atoms with Gasteiger partial charge in [0.1, 0.15) is 5.60 Å². The molecule has 5 heteroatoms. The second-order valence-electron chi connectivity index (χ2n) is 7.23. The first-order valence-corrected chi connectivity index (χ1v) is 8.52. The third kappa shape index (κ3) is 2.30. The Bertz CT molecular complexity index is 705. The lowest BCUT2D eigenvalue weighted by atomic mass is 9.67. The first-order valence-electron chi connectivity index (χ1n) is 8.52. The van der Waals surface area contributed by atoms with Crippen molar-refractivity contribution in [3.8, 4) is 0 Å². The summed E-state index contributed by atoms with van der Waals surface area (Å²) in [7, 11) is 0. The van der Waals surface area contributed by atoms with Crippen molar-refractivity contribution in [3.63, 3.8) is 0 Å². The van der Waals surface area contributed by atoms with Crippen LogP contribution in [0.3, 0.4) is 0 Å². The van der Waals surface area contributed by atoms with E-state index in [1.54, 1.807) is 6.92 Å². The van der Waals surface area contributed by atoms with Crippen LogP contribution in [-0.4, -0.2) is 35.6 Å². The minimum absolute atomic E-state index is 0.107. The lowest BCUT2D eigenvalue weighted by Crippen LogP contribution is -2.49. The largest absolute Gasteiger partial charge is 0.465 e. The smallest absolute Gasteiger partial charge is 0.319 e. The number of carbonyl (C=O) groups is 2. The normalized spacial score (nSPS) is 27.5. The molecule has 1 spiro atoms. The molecule has 0 aliphatic heterocycles. The van der Waals surface area contributed by atoms with Gasteiger partial charge in [-0.05, 0) is 69.2 Å². The van der Waals surface area contributed by atoms with Crippen LogP contribution in [0, 0.1) is 5.41 Å². The third-order valence-electron chi connectivity index (χ3n) is 5.87. The number of ketones is 1. The van der Waals surface area contributed by atoms with Crippen molar-refractivity contribution in [2.75, 3.05) is 13.2 Å². The first kappa shape index (κ1) is 17.1. The van der Waals surface area contributed by atoms with Crippen LogP contribution >= 0.6 is 0 Å². The van der Waals surface area contributed by atoms with E-state index < -0.39 is 17.0 Å². The van der Waals surface area contributed by atoms with Crippen molar-refractivity contribution in [2.24, 2.45) is 11.1 Å². The summed E-state index contributed by atoms with van der Waals surface area (Å²) in [4.78, 5) is 23.9.